The topological polar surface area (TPSA) is 67.5 Å². The Kier molecular flexibility index (Phi) is 5.48. The molecule has 0 radical (unpaired) electrons. The highest BCUT2D eigenvalue weighted by molar-refractivity contribution is 5.77. The standard InChI is InChI=1S/C18H23N3O3/c1-23-16-6-4-14(5-7-16)12-24-13-18(22)21-10-2-3-15(11-21)17-8-9-19-20-17/h4-9,15H,2-3,10-13H2,1H3,(H,19,20). The average molecular weight is 329 g/mol. The summed E-state index contributed by atoms with van der Waals surface area (Å²) in [6, 6.07) is 9.65. The number of ether oxygens (including phenoxy) is 2. The van der Waals surface area contributed by atoms with Crippen molar-refractivity contribution in [3.05, 3.63) is 47.8 Å². The number of hydrogen-bond acceptors (Lipinski definition) is 4. The lowest BCUT2D eigenvalue weighted by molar-refractivity contribution is -0.137. The van der Waals surface area contributed by atoms with E-state index in [1.807, 2.05) is 35.2 Å². The summed E-state index contributed by atoms with van der Waals surface area (Å²) in [5.41, 5.74) is 2.13. The van der Waals surface area contributed by atoms with Gasteiger partial charge in [-0.2, -0.15) is 5.10 Å². The zero-order valence-corrected chi connectivity index (χ0v) is 13.9. The SMILES string of the molecule is COc1ccc(COCC(=O)N2CCCC(c3ccn[nH]3)C2)cc1. The van der Waals surface area contributed by atoms with E-state index < -0.39 is 0 Å². The fourth-order valence-corrected chi connectivity index (χ4v) is 3.02. The summed E-state index contributed by atoms with van der Waals surface area (Å²) >= 11 is 0. The summed E-state index contributed by atoms with van der Waals surface area (Å²) in [6.07, 6.45) is 3.85. The summed E-state index contributed by atoms with van der Waals surface area (Å²) in [5, 5.41) is 7.01. The van der Waals surface area contributed by atoms with E-state index in [0.29, 0.717) is 12.5 Å². The number of rotatable bonds is 6. The summed E-state index contributed by atoms with van der Waals surface area (Å²) in [5.74, 6) is 1.20. The predicted molar refractivity (Wildman–Crippen MR) is 89.8 cm³/mol. The number of amides is 1. The number of carbonyl (C=O) groups is 1. The highest BCUT2D eigenvalue weighted by atomic mass is 16.5. The minimum absolute atomic E-state index is 0.0488. The van der Waals surface area contributed by atoms with Crippen molar-refractivity contribution in [2.75, 3.05) is 26.8 Å². The number of nitrogens with one attached hydrogen (secondary N) is 1. The van der Waals surface area contributed by atoms with Gasteiger partial charge in [0.2, 0.25) is 5.91 Å². The van der Waals surface area contributed by atoms with Crippen molar-refractivity contribution in [3.8, 4) is 5.75 Å². The molecule has 3 rings (SSSR count). The molecule has 1 N–H and O–H groups in total. The molecule has 1 aliphatic heterocycles. The van der Waals surface area contributed by atoms with Crippen LogP contribution >= 0.6 is 0 Å². The molecule has 0 spiro atoms. The molecule has 1 amide bonds. The second kappa shape index (κ2) is 7.97. The number of aromatic nitrogens is 2. The first kappa shape index (κ1) is 16.5. The average Bonchev–Trinajstić information content (AvgIpc) is 3.17. The number of benzene rings is 1. The van der Waals surface area contributed by atoms with Gasteiger partial charge in [-0.05, 0) is 36.6 Å². The van der Waals surface area contributed by atoms with Gasteiger partial charge in [-0.3, -0.25) is 9.89 Å². The van der Waals surface area contributed by atoms with E-state index >= 15 is 0 Å². The van der Waals surface area contributed by atoms with Gasteiger partial charge in [0, 0.05) is 30.9 Å². The van der Waals surface area contributed by atoms with Crippen molar-refractivity contribution in [1.82, 2.24) is 15.1 Å². The van der Waals surface area contributed by atoms with E-state index in [4.69, 9.17) is 9.47 Å². The van der Waals surface area contributed by atoms with Crippen LogP contribution in [0.25, 0.3) is 0 Å². The Hall–Kier alpha value is -2.34. The van der Waals surface area contributed by atoms with Crippen LogP contribution in [-0.4, -0.2) is 47.8 Å². The molecule has 0 saturated carbocycles. The van der Waals surface area contributed by atoms with Crippen molar-refractivity contribution in [1.29, 1.82) is 0 Å². The van der Waals surface area contributed by atoms with Crippen LogP contribution in [0.4, 0.5) is 0 Å². The van der Waals surface area contributed by atoms with E-state index in [2.05, 4.69) is 10.2 Å². The smallest absolute Gasteiger partial charge is 0.248 e. The van der Waals surface area contributed by atoms with Crippen molar-refractivity contribution in [2.24, 2.45) is 0 Å². The largest absolute Gasteiger partial charge is 0.497 e. The molecule has 0 aliphatic carbocycles. The third-order valence-corrected chi connectivity index (χ3v) is 4.39. The van der Waals surface area contributed by atoms with E-state index in [0.717, 1.165) is 42.9 Å². The lowest BCUT2D eigenvalue weighted by atomic mass is 9.95. The molecule has 2 heterocycles. The van der Waals surface area contributed by atoms with Gasteiger partial charge in [-0.1, -0.05) is 12.1 Å². The molecular formula is C18H23N3O3. The molecule has 1 atom stereocenters. The number of aromatic amines is 1. The maximum atomic E-state index is 12.4. The van der Waals surface area contributed by atoms with Gasteiger partial charge in [0.15, 0.2) is 0 Å². The summed E-state index contributed by atoms with van der Waals surface area (Å²) in [7, 11) is 1.64. The molecular weight excluding hydrogens is 306 g/mol. The number of methoxy groups -OCH3 is 1. The van der Waals surface area contributed by atoms with Crippen molar-refractivity contribution in [2.45, 2.75) is 25.4 Å². The minimum Gasteiger partial charge on any atom is -0.497 e. The van der Waals surface area contributed by atoms with Crippen LogP contribution in [0.5, 0.6) is 5.75 Å². The highest BCUT2D eigenvalue weighted by Gasteiger charge is 2.25. The molecule has 1 saturated heterocycles. The van der Waals surface area contributed by atoms with Crippen molar-refractivity contribution < 1.29 is 14.3 Å². The zero-order chi connectivity index (χ0) is 16.8. The lowest BCUT2D eigenvalue weighted by Crippen LogP contribution is -2.41. The summed E-state index contributed by atoms with van der Waals surface area (Å²) < 4.78 is 10.7. The molecule has 1 aromatic heterocycles. The van der Waals surface area contributed by atoms with E-state index in [9.17, 15) is 4.79 Å². The number of piperidine rings is 1. The van der Waals surface area contributed by atoms with Gasteiger partial charge < -0.3 is 14.4 Å². The van der Waals surface area contributed by atoms with Gasteiger partial charge in [0.1, 0.15) is 12.4 Å². The van der Waals surface area contributed by atoms with Crippen molar-refractivity contribution >= 4 is 5.91 Å². The van der Waals surface area contributed by atoms with E-state index in [1.54, 1.807) is 13.3 Å². The first-order valence-electron chi connectivity index (χ1n) is 8.24. The molecule has 1 fully saturated rings. The first-order chi connectivity index (χ1) is 11.8. The van der Waals surface area contributed by atoms with Crippen molar-refractivity contribution in [3.63, 3.8) is 0 Å². The molecule has 1 aromatic carbocycles. The quantitative estimate of drug-likeness (QED) is 0.883. The number of nitrogens with zero attached hydrogens (tertiary/aromatic N) is 2. The number of hydrogen-bond donors (Lipinski definition) is 1. The number of H-pyrrole nitrogens is 1. The predicted octanol–water partition coefficient (Wildman–Crippen LogP) is 2.34. The summed E-state index contributed by atoms with van der Waals surface area (Å²) in [4.78, 5) is 14.3. The summed E-state index contributed by atoms with van der Waals surface area (Å²) in [6.45, 7) is 2.07. The van der Waals surface area contributed by atoms with Gasteiger partial charge in [-0.15, -0.1) is 0 Å². The minimum atomic E-state index is 0.0488. The van der Waals surface area contributed by atoms with Gasteiger partial charge in [0.25, 0.3) is 0 Å². The highest BCUT2D eigenvalue weighted by Crippen LogP contribution is 2.25. The number of likely N-dealkylation sites (tertiary alicyclic amines) is 1. The van der Waals surface area contributed by atoms with Crippen LogP contribution in [0.1, 0.15) is 30.0 Å². The van der Waals surface area contributed by atoms with Crippen LogP contribution in [-0.2, 0) is 16.1 Å². The Morgan fingerprint density at radius 3 is 2.88 bits per heavy atom. The number of carbonyl (C=O) groups excluding carboxylic acids is 1. The molecule has 2 aromatic rings. The van der Waals surface area contributed by atoms with Crippen LogP contribution in [0.2, 0.25) is 0 Å². The maximum absolute atomic E-state index is 12.4. The normalized spacial score (nSPS) is 17.7. The Bertz CT molecular complexity index is 640. The Morgan fingerprint density at radius 2 is 2.17 bits per heavy atom. The fourth-order valence-electron chi connectivity index (χ4n) is 3.02. The molecule has 0 bridgehead atoms. The monoisotopic (exact) mass is 329 g/mol. The van der Waals surface area contributed by atoms with E-state index in [-0.39, 0.29) is 12.5 Å². The molecule has 24 heavy (non-hydrogen) atoms. The van der Waals surface area contributed by atoms with Crippen LogP contribution < -0.4 is 4.74 Å². The zero-order valence-electron chi connectivity index (χ0n) is 13.9. The third kappa shape index (κ3) is 4.14. The second-order valence-corrected chi connectivity index (χ2v) is 6.03. The van der Waals surface area contributed by atoms with Gasteiger partial charge in [0.05, 0.1) is 13.7 Å². The molecule has 1 aliphatic rings. The Balaban J connectivity index is 1.45. The van der Waals surface area contributed by atoms with E-state index in [1.165, 1.54) is 0 Å². The van der Waals surface area contributed by atoms with Gasteiger partial charge in [-0.25, -0.2) is 0 Å². The van der Waals surface area contributed by atoms with Crippen LogP contribution in [0.15, 0.2) is 36.5 Å². The Labute approximate surface area is 141 Å². The van der Waals surface area contributed by atoms with Crippen LogP contribution in [0, 0.1) is 0 Å². The molecule has 6 heteroatoms. The first-order valence-corrected chi connectivity index (χ1v) is 8.24. The molecule has 1 unspecified atom stereocenters. The Morgan fingerprint density at radius 1 is 1.33 bits per heavy atom. The lowest BCUT2D eigenvalue weighted by Gasteiger charge is -2.32. The fraction of sp³-hybridized carbons (Fsp3) is 0.444. The third-order valence-electron chi connectivity index (χ3n) is 4.39. The maximum Gasteiger partial charge on any atom is 0.248 e. The second-order valence-electron chi connectivity index (χ2n) is 6.03. The van der Waals surface area contributed by atoms with Crippen LogP contribution in [0.3, 0.4) is 0 Å². The molecule has 6 nitrogen and oxygen atoms in total. The molecule has 128 valence electrons. The van der Waals surface area contributed by atoms with Gasteiger partial charge >= 0.3 is 0 Å².